The predicted molar refractivity (Wildman–Crippen MR) is 65.6 cm³/mol. The number of rotatable bonds is 1. The molecule has 0 saturated carbocycles. The number of hydrogen-bond acceptors (Lipinski definition) is 5. The molecule has 6 nitrogen and oxygen atoms in total. The summed E-state index contributed by atoms with van der Waals surface area (Å²) in [5.41, 5.74) is 2.72. The maximum atomic E-state index is 12.3. The molecule has 0 bridgehead atoms. The number of hydrogen-bond donors (Lipinski definition) is 1. The quantitative estimate of drug-likeness (QED) is 0.834. The number of nitrogens with zero attached hydrogens (tertiary/aromatic N) is 3. The standard InChI is InChI=1S/C13H13N3O3/c1-8-5-15-19-12(8)13(18)16-3-2-9-4-11(17)14-6-10(9)7-16/h4-6H,2-3,7H2,1H3,(H,14,17). The first-order valence-corrected chi connectivity index (χ1v) is 6.02. The topological polar surface area (TPSA) is 79.5 Å². The van der Waals surface area contributed by atoms with E-state index >= 15 is 0 Å². The molecular weight excluding hydrogens is 246 g/mol. The van der Waals surface area contributed by atoms with Crippen molar-refractivity contribution in [1.29, 1.82) is 0 Å². The van der Waals surface area contributed by atoms with Gasteiger partial charge in [-0.2, -0.15) is 0 Å². The van der Waals surface area contributed by atoms with E-state index in [0.29, 0.717) is 19.5 Å². The predicted octanol–water partition coefficient (Wildman–Crippen LogP) is 1.28. The molecule has 1 aliphatic rings. The minimum Gasteiger partial charge on any atom is -0.493 e. The van der Waals surface area contributed by atoms with E-state index in [4.69, 9.17) is 4.52 Å². The summed E-state index contributed by atoms with van der Waals surface area (Å²) < 4.78 is 4.99. The van der Waals surface area contributed by atoms with Gasteiger partial charge in [-0.3, -0.25) is 4.79 Å². The van der Waals surface area contributed by atoms with Crippen molar-refractivity contribution in [2.24, 2.45) is 0 Å². The zero-order valence-corrected chi connectivity index (χ0v) is 10.5. The lowest BCUT2D eigenvalue weighted by Gasteiger charge is -2.27. The van der Waals surface area contributed by atoms with Gasteiger partial charge in [0.2, 0.25) is 11.6 Å². The van der Waals surface area contributed by atoms with Crippen LogP contribution in [-0.4, -0.2) is 32.6 Å². The van der Waals surface area contributed by atoms with Gasteiger partial charge in [0, 0.05) is 30.9 Å². The highest BCUT2D eigenvalue weighted by Crippen LogP contribution is 2.22. The molecule has 0 radical (unpaired) electrons. The van der Waals surface area contributed by atoms with E-state index < -0.39 is 0 Å². The fourth-order valence-electron chi connectivity index (χ4n) is 2.24. The molecule has 0 unspecified atom stereocenters. The van der Waals surface area contributed by atoms with E-state index in [1.807, 2.05) is 0 Å². The molecule has 2 aromatic heterocycles. The van der Waals surface area contributed by atoms with Crippen LogP contribution in [0.2, 0.25) is 0 Å². The van der Waals surface area contributed by atoms with Crippen LogP contribution in [0, 0.1) is 6.92 Å². The van der Waals surface area contributed by atoms with E-state index in [2.05, 4.69) is 10.1 Å². The van der Waals surface area contributed by atoms with Gasteiger partial charge in [-0.15, -0.1) is 0 Å². The van der Waals surface area contributed by atoms with Crippen molar-refractivity contribution in [3.8, 4) is 5.88 Å². The molecule has 0 fully saturated rings. The Hall–Kier alpha value is -2.37. The van der Waals surface area contributed by atoms with Crippen molar-refractivity contribution >= 4 is 5.91 Å². The molecule has 6 heteroatoms. The largest absolute Gasteiger partial charge is 0.493 e. The molecular formula is C13H13N3O3. The molecule has 1 N–H and O–H groups in total. The van der Waals surface area contributed by atoms with Gasteiger partial charge in [-0.1, -0.05) is 5.16 Å². The van der Waals surface area contributed by atoms with Crippen molar-refractivity contribution in [1.82, 2.24) is 15.0 Å². The van der Waals surface area contributed by atoms with Gasteiger partial charge in [0.15, 0.2) is 0 Å². The SMILES string of the molecule is Cc1cnoc1C(=O)N1CCc2cc(O)ncc2C1. The third-order valence-electron chi connectivity index (χ3n) is 3.31. The van der Waals surface area contributed by atoms with Crippen LogP contribution in [0.4, 0.5) is 0 Å². The Morgan fingerprint density at radius 3 is 3.00 bits per heavy atom. The molecule has 1 amide bonds. The fourth-order valence-corrected chi connectivity index (χ4v) is 2.24. The minimum absolute atomic E-state index is 0.0182. The van der Waals surface area contributed by atoms with Gasteiger partial charge in [0.05, 0.1) is 6.20 Å². The van der Waals surface area contributed by atoms with E-state index in [9.17, 15) is 9.90 Å². The zero-order valence-electron chi connectivity index (χ0n) is 10.5. The maximum absolute atomic E-state index is 12.3. The van der Waals surface area contributed by atoms with Crippen LogP contribution in [0.25, 0.3) is 0 Å². The highest BCUT2D eigenvalue weighted by molar-refractivity contribution is 5.92. The molecule has 2 aromatic rings. The average molecular weight is 259 g/mol. The zero-order chi connectivity index (χ0) is 13.4. The summed E-state index contributed by atoms with van der Waals surface area (Å²) in [5.74, 6) is 0.147. The third kappa shape index (κ3) is 2.05. The molecule has 0 atom stereocenters. The van der Waals surface area contributed by atoms with Crippen molar-refractivity contribution < 1.29 is 14.4 Å². The monoisotopic (exact) mass is 259 g/mol. The fraction of sp³-hybridized carbons (Fsp3) is 0.308. The highest BCUT2D eigenvalue weighted by atomic mass is 16.5. The Morgan fingerprint density at radius 2 is 2.26 bits per heavy atom. The van der Waals surface area contributed by atoms with E-state index in [0.717, 1.165) is 16.7 Å². The number of aromatic nitrogens is 2. The van der Waals surface area contributed by atoms with Crippen molar-refractivity contribution in [3.05, 3.63) is 40.9 Å². The summed E-state index contributed by atoms with van der Waals surface area (Å²) in [6, 6.07) is 1.65. The molecule has 0 saturated heterocycles. The first-order valence-electron chi connectivity index (χ1n) is 6.02. The average Bonchev–Trinajstić information content (AvgIpc) is 2.83. The van der Waals surface area contributed by atoms with Crippen molar-refractivity contribution in [2.75, 3.05) is 6.54 Å². The summed E-state index contributed by atoms with van der Waals surface area (Å²) >= 11 is 0. The van der Waals surface area contributed by atoms with E-state index in [1.54, 1.807) is 24.1 Å². The molecule has 0 aromatic carbocycles. The van der Waals surface area contributed by atoms with Crippen LogP contribution in [-0.2, 0) is 13.0 Å². The number of amides is 1. The van der Waals surface area contributed by atoms with Crippen LogP contribution < -0.4 is 0 Å². The number of carbonyl (C=O) groups is 1. The molecule has 3 rings (SSSR count). The first kappa shape index (κ1) is 11.7. The molecule has 1 aliphatic heterocycles. The van der Waals surface area contributed by atoms with E-state index in [1.165, 1.54) is 6.20 Å². The second-order valence-corrected chi connectivity index (χ2v) is 4.63. The number of carbonyl (C=O) groups excluding carboxylic acids is 1. The first-order chi connectivity index (χ1) is 9.15. The smallest absolute Gasteiger partial charge is 0.293 e. The van der Waals surface area contributed by atoms with Gasteiger partial charge < -0.3 is 14.5 Å². The maximum Gasteiger partial charge on any atom is 0.293 e. The van der Waals surface area contributed by atoms with Crippen molar-refractivity contribution in [3.63, 3.8) is 0 Å². The summed E-state index contributed by atoms with van der Waals surface area (Å²) in [7, 11) is 0. The number of pyridine rings is 1. The Kier molecular flexibility index (Phi) is 2.70. The lowest BCUT2D eigenvalue weighted by atomic mass is 10.0. The van der Waals surface area contributed by atoms with Crippen LogP contribution in [0.5, 0.6) is 5.88 Å². The summed E-state index contributed by atoms with van der Waals surface area (Å²) in [6.45, 7) is 2.86. The van der Waals surface area contributed by atoms with Gasteiger partial charge in [-0.25, -0.2) is 4.98 Å². The van der Waals surface area contributed by atoms with Gasteiger partial charge in [-0.05, 0) is 24.5 Å². The summed E-state index contributed by atoms with van der Waals surface area (Å²) in [6.07, 6.45) is 3.84. The van der Waals surface area contributed by atoms with E-state index in [-0.39, 0.29) is 17.5 Å². The molecule has 98 valence electrons. The Morgan fingerprint density at radius 1 is 1.42 bits per heavy atom. The lowest BCUT2D eigenvalue weighted by Crippen LogP contribution is -2.36. The van der Waals surface area contributed by atoms with Crippen LogP contribution >= 0.6 is 0 Å². The second-order valence-electron chi connectivity index (χ2n) is 4.63. The van der Waals surface area contributed by atoms with Crippen molar-refractivity contribution in [2.45, 2.75) is 19.9 Å². The van der Waals surface area contributed by atoms with Crippen LogP contribution in [0.3, 0.4) is 0 Å². The van der Waals surface area contributed by atoms with Crippen LogP contribution in [0.15, 0.2) is 23.0 Å². The minimum atomic E-state index is -0.159. The molecule has 0 aliphatic carbocycles. The summed E-state index contributed by atoms with van der Waals surface area (Å²) in [4.78, 5) is 17.8. The normalized spacial score (nSPS) is 14.3. The highest BCUT2D eigenvalue weighted by Gasteiger charge is 2.25. The van der Waals surface area contributed by atoms with Gasteiger partial charge in [0.25, 0.3) is 5.91 Å². The number of aryl methyl sites for hydroxylation is 1. The second kappa shape index (κ2) is 4.38. The summed E-state index contributed by atoms with van der Waals surface area (Å²) in [5, 5.41) is 13.0. The van der Waals surface area contributed by atoms with Crippen LogP contribution in [0.1, 0.15) is 27.2 Å². The number of fused-ring (bicyclic) bond motifs is 1. The van der Waals surface area contributed by atoms with Gasteiger partial charge >= 0.3 is 0 Å². The lowest BCUT2D eigenvalue weighted by molar-refractivity contribution is 0.0691. The Bertz CT molecular complexity index is 636. The molecule has 19 heavy (non-hydrogen) atoms. The Labute approximate surface area is 109 Å². The molecule has 3 heterocycles. The third-order valence-corrected chi connectivity index (χ3v) is 3.31. The van der Waals surface area contributed by atoms with Gasteiger partial charge in [0.1, 0.15) is 0 Å². The number of aromatic hydroxyl groups is 1. The Balaban J connectivity index is 1.84. The molecule has 0 spiro atoms.